The molecule has 0 aliphatic rings. The Kier molecular flexibility index (Phi) is 7.76. The van der Waals surface area contributed by atoms with Gasteiger partial charge in [-0.3, -0.25) is 4.79 Å². The van der Waals surface area contributed by atoms with Crippen molar-refractivity contribution in [2.24, 2.45) is 5.92 Å². The normalized spacial score (nSPS) is 11.8. The van der Waals surface area contributed by atoms with E-state index in [1.54, 1.807) is 24.3 Å². The number of carbonyl (C=O) groups excluding carboxylic acids is 1. The van der Waals surface area contributed by atoms with Gasteiger partial charge in [-0.25, -0.2) is 14.6 Å². The summed E-state index contributed by atoms with van der Waals surface area (Å²) >= 11 is 0. The fourth-order valence-corrected chi connectivity index (χ4v) is 2.77. The summed E-state index contributed by atoms with van der Waals surface area (Å²) in [7, 11) is 0. The topological polar surface area (TPSA) is 133 Å². The van der Waals surface area contributed by atoms with E-state index >= 15 is 0 Å². The van der Waals surface area contributed by atoms with Crippen molar-refractivity contribution in [3.05, 3.63) is 42.3 Å². The molecule has 0 fully saturated rings. The number of hydrogen-bond donors (Lipinski definition) is 3. The molecule has 1 atom stereocenters. The number of carbonyl (C=O) groups is 3. The second kappa shape index (κ2) is 10.3. The molecule has 0 unspecified atom stereocenters. The summed E-state index contributed by atoms with van der Waals surface area (Å²) in [5.74, 6) is -1.62. The Morgan fingerprint density at radius 3 is 2.38 bits per heavy atom. The smallest absolute Gasteiger partial charge is 0.326 e. The van der Waals surface area contributed by atoms with E-state index in [2.05, 4.69) is 10.3 Å². The standard InChI is InChI=1S/C20H25N3O6/c1-13(2)12-23(9-7-17(24)25)20(28)22-16(19(26)27)11-14-3-5-15(6-4-14)18-21-8-10-29-18/h3-6,8,10,13,16H,7,9,11-12H2,1-2H3,(H,22,28)(H,24,25)(H,26,27)/t16-/m0/s1. The number of urea groups is 1. The molecule has 0 radical (unpaired) electrons. The molecule has 0 saturated carbocycles. The number of aromatic nitrogens is 1. The molecule has 0 saturated heterocycles. The molecule has 1 aromatic heterocycles. The highest BCUT2D eigenvalue weighted by Gasteiger charge is 2.24. The summed E-state index contributed by atoms with van der Waals surface area (Å²) in [5.41, 5.74) is 1.47. The zero-order valence-corrected chi connectivity index (χ0v) is 16.4. The first-order valence-corrected chi connectivity index (χ1v) is 9.25. The van der Waals surface area contributed by atoms with Crippen molar-refractivity contribution in [3.63, 3.8) is 0 Å². The van der Waals surface area contributed by atoms with Crippen LogP contribution in [-0.2, 0) is 16.0 Å². The van der Waals surface area contributed by atoms with Crippen molar-refractivity contribution in [1.82, 2.24) is 15.2 Å². The lowest BCUT2D eigenvalue weighted by molar-refractivity contribution is -0.139. The van der Waals surface area contributed by atoms with Crippen LogP contribution in [0.15, 0.2) is 41.1 Å². The average Bonchev–Trinajstić information content (AvgIpc) is 3.19. The molecule has 1 heterocycles. The number of nitrogens with zero attached hydrogens (tertiary/aromatic N) is 2. The maximum Gasteiger partial charge on any atom is 0.326 e. The molecule has 2 amide bonds. The Bertz CT molecular complexity index is 817. The largest absolute Gasteiger partial charge is 0.481 e. The third kappa shape index (κ3) is 6.95. The third-order valence-corrected chi connectivity index (χ3v) is 4.14. The molecule has 0 bridgehead atoms. The Balaban J connectivity index is 2.04. The van der Waals surface area contributed by atoms with Gasteiger partial charge in [-0.2, -0.15) is 0 Å². The van der Waals surface area contributed by atoms with E-state index in [-0.39, 0.29) is 25.3 Å². The minimum absolute atomic E-state index is 0.0104. The number of aliphatic carboxylic acids is 2. The summed E-state index contributed by atoms with van der Waals surface area (Å²) in [6.07, 6.45) is 2.88. The van der Waals surface area contributed by atoms with E-state index in [9.17, 15) is 19.5 Å². The summed E-state index contributed by atoms with van der Waals surface area (Å²) in [6, 6.07) is 5.29. The van der Waals surface area contributed by atoms with Gasteiger partial charge < -0.3 is 24.8 Å². The van der Waals surface area contributed by atoms with Crippen molar-refractivity contribution in [3.8, 4) is 11.5 Å². The van der Waals surface area contributed by atoms with E-state index < -0.39 is 24.0 Å². The van der Waals surface area contributed by atoms with Crippen molar-refractivity contribution in [2.45, 2.75) is 32.7 Å². The van der Waals surface area contributed by atoms with Gasteiger partial charge >= 0.3 is 18.0 Å². The summed E-state index contributed by atoms with van der Waals surface area (Å²) in [6.45, 7) is 4.13. The number of carboxylic acids is 2. The quantitative estimate of drug-likeness (QED) is 0.555. The molecule has 9 nitrogen and oxygen atoms in total. The van der Waals surface area contributed by atoms with E-state index in [0.29, 0.717) is 18.0 Å². The van der Waals surface area contributed by atoms with Crippen molar-refractivity contribution < 1.29 is 29.0 Å². The molecule has 0 aliphatic carbocycles. The highest BCUT2D eigenvalue weighted by molar-refractivity contribution is 5.83. The number of oxazole rings is 1. The monoisotopic (exact) mass is 403 g/mol. The van der Waals surface area contributed by atoms with Gasteiger partial charge in [0.25, 0.3) is 0 Å². The van der Waals surface area contributed by atoms with Crippen LogP contribution in [0.4, 0.5) is 4.79 Å². The van der Waals surface area contributed by atoms with Gasteiger partial charge in [0.15, 0.2) is 0 Å². The highest BCUT2D eigenvalue weighted by atomic mass is 16.4. The lowest BCUT2D eigenvalue weighted by atomic mass is 10.0. The molecule has 29 heavy (non-hydrogen) atoms. The van der Waals surface area contributed by atoms with Crippen LogP contribution in [0.5, 0.6) is 0 Å². The zero-order chi connectivity index (χ0) is 21.4. The van der Waals surface area contributed by atoms with Crippen LogP contribution in [-0.4, -0.2) is 57.2 Å². The first kappa shape index (κ1) is 21.9. The summed E-state index contributed by atoms with van der Waals surface area (Å²) < 4.78 is 5.22. The van der Waals surface area contributed by atoms with Gasteiger partial charge in [-0.15, -0.1) is 0 Å². The minimum atomic E-state index is -1.17. The predicted molar refractivity (Wildman–Crippen MR) is 104 cm³/mol. The average molecular weight is 403 g/mol. The molecule has 1 aromatic carbocycles. The number of amides is 2. The van der Waals surface area contributed by atoms with Crippen LogP contribution < -0.4 is 5.32 Å². The molecule has 0 spiro atoms. The molecule has 2 aromatic rings. The highest BCUT2D eigenvalue weighted by Crippen LogP contribution is 2.18. The Labute approximate surface area is 168 Å². The predicted octanol–water partition coefficient (Wildman–Crippen LogP) is 2.48. The fourth-order valence-electron chi connectivity index (χ4n) is 2.77. The van der Waals surface area contributed by atoms with E-state index in [0.717, 1.165) is 5.56 Å². The first-order valence-electron chi connectivity index (χ1n) is 9.25. The van der Waals surface area contributed by atoms with E-state index in [1.807, 2.05) is 13.8 Å². The fraction of sp³-hybridized carbons (Fsp3) is 0.400. The molecule has 3 N–H and O–H groups in total. The molecular formula is C20H25N3O6. The van der Waals surface area contributed by atoms with Gasteiger partial charge in [-0.05, 0) is 23.6 Å². The SMILES string of the molecule is CC(C)CN(CCC(=O)O)C(=O)N[C@@H](Cc1ccc(-c2ncco2)cc1)C(=O)O. The van der Waals surface area contributed by atoms with Crippen LogP contribution in [0.25, 0.3) is 11.5 Å². The Morgan fingerprint density at radius 1 is 1.17 bits per heavy atom. The maximum atomic E-state index is 12.5. The maximum absolute atomic E-state index is 12.5. The van der Waals surface area contributed by atoms with Gasteiger partial charge in [0.2, 0.25) is 5.89 Å². The summed E-state index contributed by atoms with van der Waals surface area (Å²) in [4.78, 5) is 40.4. The third-order valence-electron chi connectivity index (χ3n) is 4.14. The molecule has 2 rings (SSSR count). The van der Waals surface area contributed by atoms with Gasteiger partial charge in [0.1, 0.15) is 12.3 Å². The molecule has 156 valence electrons. The Hall–Kier alpha value is -3.36. The van der Waals surface area contributed by atoms with Crippen LogP contribution in [0.2, 0.25) is 0 Å². The molecular weight excluding hydrogens is 378 g/mol. The second-order valence-corrected chi connectivity index (χ2v) is 7.06. The van der Waals surface area contributed by atoms with Gasteiger partial charge in [-0.1, -0.05) is 26.0 Å². The number of rotatable bonds is 10. The minimum Gasteiger partial charge on any atom is -0.481 e. The molecule has 9 heteroatoms. The van der Waals surface area contributed by atoms with E-state index in [4.69, 9.17) is 9.52 Å². The van der Waals surface area contributed by atoms with Crippen LogP contribution >= 0.6 is 0 Å². The van der Waals surface area contributed by atoms with Crippen molar-refractivity contribution >= 4 is 18.0 Å². The zero-order valence-electron chi connectivity index (χ0n) is 16.4. The number of hydrogen-bond acceptors (Lipinski definition) is 5. The first-order chi connectivity index (χ1) is 13.8. The molecule has 0 aliphatic heterocycles. The van der Waals surface area contributed by atoms with Crippen molar-refractivity contribution in [1.29, 1.82) is 0 Å². The van der Waals surface area contributed by atoms with Crippen molar-refractivity contribution in [2.75, 3.05) is 13.1 Å². The lowest BCUT2D eigenvalue weighted by Gasteiger charge is -2.26. The summed E-state index contributed by atoms with van der Waals surface area (Å²) in [5, 5.41) is 20.9. The lowest BCUT2D eigenvalue weighted by Crippen LogP contribution is -2.50. The van der Waals surface area contributed by atoms with Gasteiger partial charge in [0.05, 0.1) is 12.6 Å². The number of nitrogens with one attached hydrogen (secondary N) is 1. The van der Waals surface area contributed by atoms with E-state index in [1.165, 1.54) is 17.4 Å². The van der Waals surface area contributed by atoms with Crippen LogP contribution in [0.3, 0.4) is 0 Å². The number of benzene rings is 1. The van der Waals surface area contributed by atoms with Crippen LogP contribution in [0.1, 0.15) is 25.8 Å². The second-order valence-electron chi connectivity index (χ2n) is 7.06. The Morgan fingerprint density at radius 2 is 1.86 bits per heavy atom. The van der Waals surface area contributed by atoms with Gasteiger partial charge in [0, 0.05) is 25.1 Å². The number of carboxylic acid groups (broad SMARTS) is 2. The van der Waals surface area contributed by atoms with Crippen LogP contribution in [0, 0.1) is 5.92 Å².